The van der Waals surface area contributed by atoms with Crippen LogP contribution in [0.3, 0.4) is 0 Å². The predicted molar refractivity (Wildman–Crippen MR) is 87.3 cm³/mol. The predicted octanol–water partition coefficient (Wildman–Crippen LogP) is 2.95. The number of nitrogens with one attached hydrogen (secondary N) is 1. The molecule has 2 aliphatic rings. The number of nitrogens with zero attached hydrogens (tertiary/aromatic N) is 2. The third kappa shape index (κ3) is 4.47. The van der Waals surface area contributed by atoms with E-state index in [4.69, 9.17) is 0 Å². The molecule has 0 saturated carbocycles. The van der Waals surface area contributed by atoms with Crippen LogP contribution in [0.2, 0.25) is 0 Å². The molecule has 2 fully saturated rings. The van der Waals surface area contributed by atoms with E-state index < -0.39 is 11.7 Å². The number of hydrogen-bond acceptors (Lipinski definition) is 3. The van der Waals surface area contributed by atoms with E-state index in [0.717, 1.165) is 51.8 Å². The molecular weight excluding hydrogens is 371 g/mol. The molecule has 7 heteroatoms. The summed E-state index contributed by atoms with van der Waals surface area (Å²) in [5.74, 6) is 0. The molecular formula is C16H21BrF3N3. The van der Waals surface area contributed by atoms with E-state index in [1.807, 2.05) is 0 Å². The van der Waals surface area contributed by atoms with Gasteiger partial charge in [-0.05, 0) is 30.2 Å². The van der Waals surface area contributed by atoms with Crippen molar-refractivity contribution >= 4 is 15.9 Å². The van der Waals surface area contributed by atoms with E-state index in [1.165, 1.54) is 6.07 Å². The van der Waals surface area contributed by atoms with Gasteiger partial charge in [-0.1, -0.05) is 15.9 Å². The Morgan fingerprint density at radius 1 is 1.13 bits per heavy atom. The Morgan fingerprint density at radius 2 is 1.87 bits per heavy atom. The normalized spacial score (nSPS) is 24.3. The van der Waals surface area contributed by atoms with Crippen LogP contribution < -0.4 is 5.32 Å². The smallest absolute Gasteiger partial charge is 0.314 e. The van der Waals surface area contributed by atoms with Gasteiger partial charge in [-0.3, -0.25) is 9.80 Å². The highest BCUT2D eigenvalue weighted by atomic mass is 79.9. The number of benzene rings is 1. The molecule has 23 heavy (non-hydrogen) atoms. The van der Waals surface area contributed by atoms with Crippen LogP contribution in [-0.4, -0.2) is 55.1 Å². The average Bonchev–Trinajstić information content (AvgIpc) is 2.95. The van der Waals surface area contributed by atoms with Crippen molar-refractivity contribution in [1.82, 2.24) is 15.1 Å². The van der Waals surface area contributed by atoms with Crippen molar-refractivity contribution in [2.45, 2.75) is 25.2 Å². The van der Waals surface area contributed by atoms with Gasteiger partial charge in [-0.15, -0.1) is 0 Å². The molecule has 2 heterocycles. The molecule has 0 bridgehead atoms. The Bertz CT molecular complexity index is 544. The summed E-state index contributed by atoms with van der Waals surface area (Å²) in [5, 5.41) is 3.35. The Hall–Kier alpha value is -0.630. The molecule has 0 aromatic heterocycles. The first-order valence-electron chi connectivity index (χ1n) is 7.95. The van der Waals surface area contributed by atoms with Gasteiger partial charge in [0.15, 0.2) is 0 Å². The van der Waals surface area contributed by atoms with Crippen molar-refractivity contribution in [2.75, 3.05) is 39.3 Å². The molecule has 128 valence electrons. The number of alkyl halides is 3. The first-order valence-corrected chi connectivity index (χ1v) is 8.75. The van der Waals surface area contributed by atoms with Crippen molar-refractivity contribution in [3.8, 4) is 0 Å². The number of piperazine rings is 1. The van der Waals surface area contributed by atoms with E-state index in [-0.39, 0.29) is 0 Å². The second-order valence-corrected chi connectivity index (χ2v) is 7.23. The lowest BCUT2D eigenvalue weighted by Crippen LogP contribution is -2.49. The number of likely N-dealkylation sites (tertiary alicyclic amines) is 1. The Balaban J connectivity index is 1.63. The van der Waals surface area contributed by atoms with Crippen LogP contribution in [0.1, 0.15) is 17.5 Å². The molecule has 0 amide bonds. The van der Waals surface area contributed by atoms with Crippen molar-refractivity contribution in [1.29, 1.82) is 0 Å². The highest BCUT2D eigenvalue weighted by molar-refractivity contribution is 9.10. The first kappa shape index (κ1) is 17.2. The van der Waals surface area contributed by atoms with Gasteiger partial charge in [0.2, 0.25) is 0 Å². The minimum absolute atomic E-state index is 0.486. The zero-order valence-electron chi connectivity index (χ0n) is 12.9. The van der Waals surface area contributed by atoms with E-state index in [2.05, 4.69) is 31.0 Å². The minimum atomic E-state index is -4.30. The molecule has 1 atom stereocenters. The molecule has 0 aliphatic carbocycles. The molecule has 1 aromatic carbocycles. The Morgan fingerprint density at radius 3 is 2.57 bits per heavy atom. The molecule has 1 unspecified atom stereocenters. The maximum atomic E-state index is 12.9. The summed E-state index contributed by atoms with van der Waals surface area (Å²) < 4.78 is 39.2. The molecule has 0 spiro atoms. The van der Waals surface area contributed by atoms with Gasteiger partial charge in [-0.2, -0.15) is 13.2 Å². The van der Waals surface area contributed by atoms with Gasteiger partial charge >= 0.3 is 6.18 Å². The summed E-state index contributed by atoms with van der Waals surface area (Å²) >= 11 is 3.20. The maximum Gasteiger partial charge on any atom is 0.416 e. The second-order valence-electron chi connectivity index (χ2n) is 6.31. The van der Waals surface area contributed by atoms with Crippen molar-refractivity contribution in [3.63, 3.8) is 0 Å². The summed E-state index contributed by atoms with van der Waals surface area (Å²) in [6.07, 6.45) is -3.20. The van der Waals surface area contributed by atoms with Gasteiger partial charge in [0.25, 0.3) is 0 Å². The zero-order valence-corrected chi connectivity index (χ0v) is 14.5. The van der Waals surface area contributed by atoms with Gasteiger partial charge in [-0.25, -0.2) is 0 Å². The first-order chi connectivity index (χ1) is 10.9. The number of rotatable bonds is 3. The van der Waals surface area contributed by atoms with E-state index in [9.17, 15) is 13.2 Å². The van der Waals surface area contributed by atoms with Crippen LogP contribution in [0.4, 0.5) is 13.2 Å². The topological polar surface area (TPSA) is 18.5 Å². The lowest BCUT2D eigenvalue weighted by Gasteiger charge is -2.32. The summed E-state index contributed by atoms with van der Waals surface area (Å²) in [7, 11) is 0. The van der Waals surface area contributed by atoms with E-state index >= 15 is 0 Å². The maximum absolute atomic E-state index is 12.9. The summed E-state index contributed by atoms with van der Waals surface area (Å²) in [6, 6.07) is 4.72. The number of hydrogen-bond donors (Lipinski definition) is 1. The molecule has 1 N–H and O–H groups in total. The van der Waals surface area contributed by atoms with Crippen LogP contribution in [0.25, 0.3) is 0 Å². The molecule has 0 radical (unpaired) electrons. The standard InChI is InChI=1S/C16H21BrF3N3/c17-14-8-12(7-13(9-14)16(18,19)20)10-22-4-1-15(11-22)23-5-2-21-3-6-23/h7-9,15,21H,1-6,10-11H2. The second kappa shape index (κ2) is 7.09. The van der Waals surface area contributed by atoms with Crippen LogP contribution in [0, 0.1) is 0 Å². The van der Waals surface area contributed by atoms with E-state index in [1.54, 1.807) is 6.07 Å². The zero-order chi connectivity index (χ0) is 16.4. The SMILES string of the molecule is FC(F)(F)c1cc(Br)cc(CN2CCC(N3CCNCC3)C2)c1. The summed E-state index contributed by atoms with van der Waals surface area (Å²) in [5.41, 5.74) is 0.132. The lowest BCUT2D eigenvalue weighted by molar-refractivity contribution is -0.137. The third-order valence-corrected chi connectivity index (χ3v) is 5.06. The fraction of sp³-hybridized carbons (Fsp3) is 0.625. The fourth-order valence-corrected chi connectivity index (χ4v) is 4.01. The average molecular weight is 392 g/mol. The van der Waals surface area contributed by atoms with Crippen LogP contribution in [0.5, 0.6) is 0 Å². The molecule has 3 rings (SSSR count). The molecule has 2 aliphatic heterocycles. The molecule has 3 nitrogen and oxygen atoms in total. The van der Waals surface area contributed by atoms with Gasteiger partial charge in [0.05, 0.1) is 5.56 Å². The fourth-order valence-electron chi connectivity index (χ4n) is 3.46. The van der Waals surface area contributed by atoms with Gasteiger partial charge in [0.1, 0.15) is 0 Å². The van der Waals surface area contributed by atoms with Crippen LogP contribution in [0.15, 0.2) is 22.7 Å². The minimum Gasteiger partial charge on any atom is -0.314 e. The number of halogens is 4. The highest BCUT2D eigenvalue weighted by Gasteiger charge is 2.32. The van der Waals surface area contributed by atoms with E-state index in [0.29, 0.717) is 22.6 Å². The summed E-state index contributed by atoms with van der Waals surface area (Å²) in [4.78, 5) is 4.76. The third-order valence-electron chi connectivity index (χ3n) is 4.61. The van der Waals surface area contributed by atoms with Crippen LogP contribution in [-0.2, 0) is 12.7 Å². The van der Waals surface area contributed by atoms with Crippen molar-refractivity contribution in [2.24, 2.45) is 0 Å². The molecule has 2 saturated heterocycles. The quantitative estimate of drug-likeness (QED) is 0.854. The van der Waals surface area contributed by atoms with Crippen LogP contribution >= 0.6 is 15.9 Å². The van der Waals surface area contributed by atoms with Crippen molar-refractivity contribution < 1.29 is 13.2 Å². The van der Waals surface area contributed by atoms with Crippen molar-refractivity contribution in [3.05, 3.63) is 33.8 Å². The lowest BCUT2D eigenvalue weighted by atomic mass is 10.1. The molecule has 1 aromatic rings. The highest BCUT2D eigenvalue weighted by Crippen LogP contribution is 2.32. The summed E-state index contributed by atoms with van der Waals surface area (Å²) in [6.45, 7) is 6.64. The van der Waals surface area contributed by atoms with Gasteiger partial charge in [0, 0.05) is 56.3 Å². The van der Waals surface area contributed by atoms with Gasteiger partial charge < -0.3 is 5.32 Å². The largest absolute Gasteiger partial charge is 0.416 e. The Labute approximate surface area is 143 Å². The monoisotopic (exact) mass is 391 g/mol. The Kier molecular flexibility index (Phi) is 5.30.